The highest BCUT2D eigenvalue weighted by molar-refractivity contribution is 5.75. The quantitative estimate of drug-likeness (QED) is 0.485. The summed E-state index contributed by atoms with van der Waals surface area (Å²) in [4.78, 5) is 12.6. The van der Waals surface area contributed by atoms with Crippen molar-refractivity contribution in [3.63, 3.8) is 0 Å². The van der Waals surface area contributed by atoms with Gasteiger partial charge in [-0.2, -0.15) is 9.78 Å². The first kappa shape index (κ1) is 17.0. The monoisotopic (exact) mass is 391 g/mol. The number of nitrogens with one attached hydrogen (secondary N) is 2. The van der Waals surface area contributed by atoms with Gasteiger partial charge in [0.05, 0.1) is 12.8 Å². The number of anilines is 2. The Balaban J connectivity index is 1.81. The number of hydrogen-bond acceptors (Lipinski definition) is 7. The van der Waals surface area contributed by atoms with Gasteiger partial charge in [0.25, 0.3) is 5.56 Å². The van der Waals surface area contributed by atoms with Gasteiger partial charge in [-0.25, -0.2) is 9.49 Å². The number of aromatic nitrogens is 6. The lowest BCUT2D eigenvalue weighted by Crippen LogP contribution is -2.29. The number of rotatable bonds is 3. The molecule has 10 heteroatoms. The van der Waals surface area contributed by atoms with Crippen LogP contribution in [0.25, 0.3) is 11.3 Å². The minimum atomic E-state index is -0.774. The molecule has 0 spiro atoms. The zero-order valence-corrected chi connectivity index (χ0v) is 15.1. The first-order valence-electron chi connectivity index (χ1n) is 8.73. The van der Waals surface area contributed by atoms with Crippen molar-refractivity contribution < 1.29 is 9.13 Å². The van der Waals surface area contributed by atoms with Crippen LogP contribution in [0.1, 0.15) is 17.2 Å². The van der Waals surface area contributed by atoms with Gasteiger partial charge in [0.15, 0.2) is 0 Å². The third kappa shape index (κ3) is 2.64. The molecule has 3 heterocycles. The molecule has 0 aliphatic carbocycles. The van der Waals surface area contributed by atoms with E-state index in [-0.39, 0.29) is 11.6 Å². The first-order chi connectivity index (χ1) is 14.2. The Hall–Kier alpha value is -4.08. The highest BCUT2D eigenvalue weighted by Crippen LogP contribution is 2.41. The number of ether oxygens (including phenoxy) is 1. The average Bonchev–Trinajstić information content (AvgIpc) is 3.22. The third-order valence-electron chi connectivity index (χ3n) is 4.83. The molecule has 2 aromatic carbocycles. The van der Waals surface area contributed by atoms with Crippen molar-refractivity contribution in [3.8, 4) is 17.0 Å². The molecular weight excluding hydrogens is 377 g/mol. The Morgan fingerprint density at radius 3 is 2.69 bits per heavy atom. The van der Waals surface area contributed by atoms with Crippen LogP contribution in [0.15, 0.2) is 53.3 Å². The number of tetrazole rings is 1. The van der Waals surface area contributed by atoms with Gasteiger partial charge in [0, 0.05) is 16.7 Å². The summed E-state index contributed by atoms with van der Waals surface area (Å²) >= 11 is 0. The number of fused-ring (bicyclic) bond motifs is 2. The predicted octanol–water partition coefficient (Wildman–Crippen LogP) is 2.27. The van der Waals surface area contributed by atoms with Gasteiger partial charge in [0.2, 0.25) is 5.95 Å². The number of hydrogen-bond donors (Lipinski definition) is 2. The lowest BCUT2D eigenvalue weighted by Gasteiger charge is -2.28. The minimum Gasteiger partial charge on any atom is -0.497 e. The molecule has 2 N–H and O–H groups in total. The highest BCUT2D eigenvalue weighted by Gasteiger charge is 2.35. The van der Waals surface area contributed by atoms with E-state index < -0.39 is 17.4 Å². The molecule has 144 valence electrons. The summed E-state index contributed by atoms with van der Waals surface area (Å²) in [5.74, 6) is 0.481. The molecule has 0 amide bonds. The van der Waals surface area contributed by atoms with Crippen LogP contribution in [-0.2, 0) is 0 Å². The van der Waals surface area contributed by atoms with Crippen molar-refractivity contribution in [1.82, 2.24) is 30.4 Å². The maximum Gasteiger partial charge on any atom is 0.288 e. The van der Waals surface area contributed by atoms with E-state index in [1.54, 1.807) is 37.4 Å². The molecule has 4 aromatic rings. The number of nitrogens with zero attached hydrogens (tertiary/aromatic N) is 5. The van der Waals surface area contributed by atoms with E-state index in [0.717, 1.165) is 5.56 Å². The van der Waals surface area contributed by atoms with E-state index in [0.29, 0.717) is 22.6 Å². The maximum absolute atomic E-state index is 14.8. The van der Waals surface area contributed by atoms with Gasteiger partial charge in [-0.1, -0.05) is 23.3 Å². The van der Waals surface area contributed by atoms with E-state index in [9.17, 15) is 9.18 Å². The van der Waals surface area contributed by atoms with Crippen molar-refractivity contribution in [2.45, 2.75) is 6.04 Å². The second-order valence-electron chi connectivity index (χ2n) is 6.41. The van der Waals surface area contributed by atoms with Crippen LogP contribution in [0.2, 0.25) is 0 Å². The number of aromatic amines is 1. The average molecular weight is 391 g/mol. The summed E-state index contributed by atoms with van der Waals surface area (Å²) in [6.07, 6.45) is 0. The maximum atomic E-state index is 14.8. The lowest BCUT2D eigenvalue weighted by molar-refractivity contribution is 0.415. The second-order valence-corrected chi connectivity index (χ2v) is 6.41. The Labute approximate surface area is 163 Å². The molecule has 29 heavy (non-hydrogen) atoms. The third-order valence-corrected chi connectivity index (χ3v) is 4.83. The lowest BCUT2D eigenvalue weighted by atomic mass is 9.92. The minimum absolute atomic E-state index is 0.223. The summed E-state index contributed by atoms with van der Waals surface area (Å²) in [5.41, 5.74) is 1.77. The van der Waals surface area contributed by atoms with Crippen LogP contribution >= 0.6 is 0 Å². The molecule has 1 atom stereocenters. The Morgan fingerprint density at radius 2 is 1.93 bits per heavy atom. The van der Waals surface area contributed by atoms with Gasteiger partial charge in [-0.05, 0) is 40.8 Å². The zero-order valence-electron chi connectivity index (χ0n) is 15.1. The highest BCUT2D eigenvalue weighted by atomic mass is 19.1. The van der Waals surface area contributed by atoms with Crippen LogP contribution < -0.4 is 15.6 Å². The SMILES string of the molecule is COc1ccc(-c2n[nH]c(=O)c3c2C(c2ccccc2F)n2nnnc2N3)cc1. The fourth-order valence-corrected chi connectivity index (χ4v) is 3.49. The molecule has 1 aliphatic rings. The molecule has 0 fully saturated rings. The van der Waals surface area contributed by atoms with E-state index in [2.05, 4.69) is 31.0 Å². The number of benzene rings is 2. The van der Waals surface area contributed by atoms with E-state index in [4.69, 9.17) is 4.74 Å². The summed E-state index contributed by atoms with van der Waals surface area (Å²) in [6, 6.07) is 12.7. The van der Waals surface area contributed by atoms with Crippen molar-refractivity contribution in [1.29, 1.82) is 0 Å². The summed E-state index contributed by atoms with van der Waals surface area (Å²) in [7, 11) is 1.58. The zero-order chi connectivity index (χ0) is 20.0. The van der Waals surface area contributed by atoms with Crippen LogP contribution in [0.3, 0.4) is 0 Å². The number of H-pyrrole nitrogens is 1. The largest absolute Gasteiger partial charge is 0.497 e. The van der Waals surface area contributed by atoms with E-state index in [1.807, 2.05) is 12.1 Å². The Bertz CT molecular complexity index is 1270. The van der Waals surface area contributed by atoms with Gasteiger partial charge in [0.1, 0.15) is 23.3 Å². The smallest absolute Gasteiger partial charge is 0.288 e. The van der Waals surface area contributed by atoms with Crippen molar-refractivity contribution in [2.75, 3.05) is 12.4 Å². The first-order valence-corrected chi connectivity index (χ1v) is 8.73. The van der Waals surface area contributed by atoms with Gasteiger partial charge in [-0.15, -0.1) is 0 Å². The van der Waals surface area contributed by atoms with Crippen molar-refractivity contribution in [2.24, 2.45) is 0 Å². The predicted molar refractivity (Wildman–Crippen MR) is 102 cm³/mol. The van der Waals surface area contributed by atoms with E-state index in [1.165, 1.54) is 10.7 Å². The van der Waals surface area contributed by atoms with Crippen LogP contribution in [0.5, 0.6) is 5.75 Å². The summed E-state index contributed by atoms with van der Waals surface area (Å²) < 4.78 is 21.4. The molecule has 5 rings (SSSR count). The van der Waals surface area contributed by atoms with Crippen molar-refractivity contribution >= 4 is 11.6 Å². The fourth-order valence-electron chi connectivity index (χ4n) is 3.49. The van der Waals surface area contributed by atoms with Gasteiger partial charge >= 0.3 is 0 Å². The Kier molecular flexibility index (Phi) is 3.83. The standard InChI is InChI=1S/C19H14FN7O2/c1-29-11-8-6-10(7-9-11)15-14-16(18(28)23-22-15)21-19-24-25-26-27(19)17(14)12-4-2-3-5-13(12)20/h2-9,17H,1H3,(H,23,28)(H,21,24,26). The van der Waals surface area contributed by atoms with Gasteiger partial charge < -0.3 is 10.1 Å². The molecule has 0 radical (unpaired) electrons. The van der Waals surface area contributed by atoms with Crippen LogP contribution in [0, 0.1) is 5.82 Å². The molecule has 9 nitrogen and oxygen atoms in total. The van der Waals surface area contributed by atoms with Crippen LogP contribution in [0.4, 0.5) is 16.0 Å². The molecule has 2 aromatic heterocycles. The molecule has 0 saturated heterocycles. The van der Waals surface area contributed by atoms with Crippen molar-refractivity contribution in [3.05, 3.63) is 75.8 Å². The molecule has 0 bridgehead atoms. The van der Waals surface area contributed by atoms with Crippen LogP contribution in [-0.4, -0.2) is 37.5 Å². The molecule has 0 saturated carbocycles. The molecular formula is C19H14FN7O2. The topological polar surface area (TPSA) is 111 Å². The summed E-state index contributed by atoms with van der Waals surface area (Å²) in [5, 5.41) is 21.3. The molecule has 1 aliphatic heterocycles. The number of halogens is 1. The van der Waals surface area contributed by atoms with E-state index >= 15 is 0 Å². The fraction of sp³-hybridized carbons (Fsp3) is 0.105. The number of methoxy groups -OCH3 is 1. The van der Waals surface area contributed by atoms with Gasteiger partial charge in [-0.3, -0.25) is 4.79 Å². The Morgan fingerprint density at radius 1 is 1.14 bits per heavy atom. The second kappa shape index (κ2) is 6.51. The normalized spacial score (nSPS) is 14.6. The summed E-state index contributed by atoms with van der Waals surface area (Å²) in [6.45, 7) is 0. The molecule has 1 unspecified atom stereocenters.